The van der Waals surface area contributed by atoms with Crippen LogP contribution in [0.15, 0.2) is 36.6 Å². The minimum absolute atomic E-state index is 0.630. The molecule has 0 saturated carbocycles. The summed E-state index contributed by atoms with van der Waals surface area (Å²) in [6.45, 7) is 8.49. The lowest BCUT2D eigenvalue weighted by Gasteiger charge is -2.29. The van der Waals surface area contributed by atoms with Crippen molar-refractivity contribution in [3.05, 3.63) is 36.6 Å². The lowest BCUT2D eigenvalue weighted by atomic mass is 10.1. The first-order valence-electron chi connectivity index (χ1n) is 5.29. The summed E-state index contributed by atoms with van der Waals surface area (Å²) in [7, 11) is 0. The molecule has 0 amide bonds. The highest BCUT2D eigenvalue weighted by atomic mass is 19.4. The molecule has 0 bridgehead atoms. The van der Waals surface area contributed by atoms with Gasteiger partial charge in [-0.25, -0.2) is 0 Å². The van der Waals surface area contributed by atoms with Crippen LogP contribution in [0.25, 0.3) is 0 Å². The maximum atomic E-state index is 12.1. The third-order valence-electron chi connectivity index (χ3n) is 2.60. The Morgan fingerprint density at radius 3 is 2.06 bits per heavy atom. The standard InChI is InChI=1S/C12H16F3N/c1-10(12(13,14)15)6-7-11(2)16-8-4-3-5-9-16/h6-7H,1-5,8-9H2. The van der Waals surface area contributed by atoms with Gasteiger partial charge in [0.15, 0.2) is 0 Å². The Bertz CT molecular complexity index is 296. The van der Waals surface area contributed by atoms with E-state index >= 15 is 0 Å². The zero-order chi connectivity index (χ0) is 12.2. The van der Waals surface area contributed by atoms with E-state index in [4.69, 9.17) is 0 Å². The Morgan fingerprint density at radius 1 is 1.00 bits per heavy atom. The number of alkyl halides is 3. The van der Waals surface area contributed by atoms with E-state index in [9.17, 15) is 13.2 Å². The molecule has 0 spiro atoms. The summed E-state index contributed by atoms with van der Waals surface area (Å²) in [5.41, 5.74) is -0.212. The van der Waals surface area contributed by atoms with Gasteiger partial charge >= 0.3 is 6.18 Å². The molecule has 1 fully saturated rings. The molecule has 1 aliphatic heterocycles. The maximum absolute atomic E-state index is 12.1. The lowest BCUT2D eigenvalue weighted by molar-refractivity contribution is -0.0878. The molecule has 0 radical (unpaired) electrons. The Morgan fingerprint density at radius 2 is 1.56 bits per heavy atom. The first-order valence-corrected chi connectivity index (χ1v) is 5.29. The summed E-state index contributed by atoms with van der Waals surface area (Å²) in [6, 6.07) is 0. The van der Waals surface area contributed by atoms with E-state index < -0.39 is 11.7 Å². The van der Waals surface area contributed by atoms with E-state index in [-0.39, 0.29) is 0 Å². The van der Waals surface area contributed by atoms with E-state index in [1.54, 1.807) is 0 Å². The fourth-order valence-corrected chi connectivity index (χ4v) is 1.58. The normalized spacial score (nSPS) is 17.8. The molecule has 0 aromatic rings. The molecule has 1 saturated heterocycles. The molecule has 0 unspecified atom stereocenters. The minimum atomic E-state index is -4.35. The van der Waals surface area contributed by atoms with Gasteiger partial charge in [-0.3, -0.25) is 0 Å². The number of piperidine rings is 1. The number of nitrogens with zero attached hydrogens (tertiary/aromatic N) is 1. The molecule has 1 nitrogen and oxygen atoms in total. The fraction of sp³-hybridized carbons (Fsp3) is 0.500. The first-order chi connectivity index (χ1) is 7.41. The van der Waals surface area contributed by atoms with E-state index in [1.807, 2.05) is 4.90 Å². The SMILES string of the molecule is C=C(C=CC(=C)C(F)(F)F)N1CCCCC1. The summed E-state index contributed by atoms with van der Waals surface area (Å²) < 4.78 is 36.4. The van der Waals surface area contributed by atoms with Crippen molar-refractivity contribution in [2.75, 3.05) is 13.1 Å². The van der Waals surface area contributed by atoms with Crippen LogP contribution in [0, 0.1) is 0 Å². The molecule has 1 rings (SSSR count). The highest BCUT2D eigenvalue weighted by molar-refractivity contribution is 5.26. The Labute approximate surface area is 93.9 Å². The predicted octanol–water partition coefficient (Wildman–Crippen LogP) is 3.66. The van der Waals surface area contributed by atoms with E-state index in [0.29, 0.717) is 5.70 Å². The number of hydrogen-bond acceptors (Lipinski definition) is 1. The molecular formula is C12H16F3N. The number of halogens is 3. The number of hydrogen-bond donors (Lipinski definition) is 0. The van der Waals surface area contributed by atoms with E-state index in [0.717, 1.165) is 32.0 Å². The number of likely N-dealkylation sites (tertiary alicyclic amines) is 1. The third-order valence-corrected chi connectivity index (χ3v) is 2.60. The van der Waals surface area contributed by atoms with Gasteiger partial charge in [0.05, 0.1) is 0 Å². The first kappa shape index (κ1) is 12.9. The van der Waals surface area contributed by atoms with Crippen LogP contribution in [-0.4, -0.2) is 24.2 Å². The van der Waals surface area contributed by atoms with Crippen LogP contribution in [0.4, 0.5) is 13.2 Å². The summed E-state index contributed by atoms with van der Waals surface area (Å²) in [5, 5.41) is 0. The van der Waals surface area contributed by atoms with Crippen LogP contribution in [-0.2, 0) is 0 Å². The van der Waals surface area contributed by atoms with Gasteiger partial charge in [0, 0.05) is 24.4 Å². The van der Waals surface area contributed by atoms with Crippen LogP contribution in [0.3, 0.4) is 0 Å². The monoisotopic (exact) mass is 231 g/mol. The summed E-state index contributed by atoms with van der Waals surface area (Å²) in [6.07, 6.45) is 1.36. The molecular weight excluding hydrogens is 215 g/mol. The zero-order valence-electron chi connectivity index (χ0n) is 9.19. The molecule has 1 heterocycles. The van der Waals surface area contributed by atoms with Crippen molar-refractivity contribution in [3.63, 3.8) is 0 Å². The topological polar surface area (TPSA) is 3.24 Å². The van der Waals surface area contributed by atoms with Gasteiger partial charge in [-0.1, -0.05) is 13.2 Å². The van der Waals surface area contributed by atoms with Crippen LogP contribution < -0.4 is 0 Å². The van der Waals surface area contributed by atoms with E-state index in [1.165, 1.54) is 12.5 Å². The minimum Gasteiger partial charge on any atom is -0.372 e. The average Bonchev–Trinajstić information content (AvgIpc) is 2.25. The van der Waals surface area contributed by atoms with Crippen molar-refractivity contribution in [2.45, 2.75) is 25.4 Å². The zero-order valence-corrected chi connectivity index (χ0v) is 9.19. The largest absolute Gasteiger partial charge is 0.415 e. The van der Waals surface area contributed by atoms with Gasteiger partial charge < -0.3 is 4.90 Å². The van der Waals surface area contributed by atoms with Crippen LogP contribution >= 0.6 is 0 Å². The van der Waals surface area contributed by atoms with Gasteiger partial charge in [0.1, 0.15) is 0 Å². The van der Waals surface area contributed by atoms with Crippen molar-refractivity contribution >= 4 is 0 Å². The molecule has 1 aliphatic rings. The Kier molecular flexibility index (Phi) is 4.21. The average molecular weight is 231 g/mol. The molecule has 0 aromatic carbocycles. The van der Waals surface area contributed by atoms with Crippen molar-refractivity contribution in [1.29, 1.82) is 0 Å². The summed E-state index contributed by atoms with van der Waals surface area (Å²) in [4.78, 5) is 2.00. The molecule has 16 heavy (non-hydrogen) atoms. The molecule has 0 aliphatic carbocycles. The molecule has 90 valence electrons. The van der Waals surface area contributed by atoms with Crippen LogP contribution in [0.5, 0.6) is 0 Å². The van der Waals surface area contributed by atoms with Crippen LogP contribution in [0.1, 0.15) is 19.3 Å². The molecule has 0 aromatic heterocycles. The van der Waals surface area contributed by atoms with Crippen LogP contribution in [0.2, 0.25) is 0 Å². The molecule has 0 atom stereocenters. The van der Waals surface area contributed by atoms with Crippen molar-refractivity contribution in [1.82, 2.24) is 4.90 Å². The lowest BCUT2D eigenvalue weighted by Crippen LogP contribution is -2.27. The third kappa shape index (κ3) is 3.76. The molecule has 0 N–H and O–H groups in total. The second-order valence-corrected chi connectivity index (χ2v) is 3.90. The second-order valence-electron chi connectivity index (χ2n) is 3.90. The maximum Gasteiger partial charge on any atom is 0.415 e. The number of rotatable bonds is 3. The van der Waals surface area contributed by atoms with Gasteiger partial charge in [-0.15, -0.1) is 0 Å². The molecule has 4 heteroatoms. The van der Waals surface area contributed by atoms with Crippen molar-refractivity contribution < 1.29 is 13.2 Å². The van der Waals surface area contributed by atoms with E-state index in [2.05, 4.69) is 13.2 Å². The Balaban J connectivity index is 2.50. The summed E-state index contributed by atoms with van der Waals surface area (Å²) >= 11 is 0. The van der Waals surface area contributed by atoms with Gasteiger partial charge in [0.25, 0.3) is 0 Å². The van der Waals surface area contributed by atoms with Gasteiger partial charge in [-0.05, 0) is 31.4 Å². The highest BCUT2D eigenvalue weighted by Crippen LogP contribution is 2.25. The summed E-state index contributed by atoms with van der Waals surface area (Å²) in [5.74, 6) is 0. The quantitative estimate of drug-likeness (QED) is 0.670. The van der Waals surface area contributed by atoms with Crippen molar-refractivity contribution in [2.24, 2.45) is 0 Å². The van der Waals surface area contributed by atoms with Gasteiger partial charge in [-0.2, -0.15) is 13.2 Å². The fourth-order valence-electron chi connectivity index (χ4n) is 1.58. The Hall–Kier alpha value is -1.19. The van der Waals surface area contributed by atoms with Gasteiger partial charge in [0.2, 0.25) is 0 Å². The van der Waals surface area contributed by atoms with Crippen molar-refractivity contribution in [3.8, 4) is 0 Å². The number of allylic oxidation sites excluding steroid dienone is 3. The smallest absolute Gasteiger partial charge is 0.372 e. The highest BCUT2D eigenvalue weighted by Gasteiger charge is 2.29. The second kappa shape index (κ2) is 5.23. The predicted molar refractivity (Wildman–Crippen MR) is 58.9 cm³/mol.